The number of aryl methyl sites for hydroxylation is 1. The van der Waals surface area contributed by atoms with Crippen LogP contribution in [0.25, 0.3) is 0 Å². The number of carbonyl (C=O) groups is 1. The molecule has 0 bridgehead atoms. The molecule has 0 N–H and O–H groups in total. The molecule has 64 valence electrons. The second-order valence-corrected chi connectivity index (χ2v) is 2.96. The Kier molecular flexibility index (Phi) is 3.06. The van der Waals surface area contributed by atoms with Gasteiger partial charge in [-0.1, -0.05) is 18.5 Å². The molecule has 0 aliphatic heterocycles. The van der Waals surface area contributed by atoms with Crippen LogP contribution in [0.5, 0.6) is 0 Å². The summed E-state index contributed by atoms with van der Waals surface area (Å²) >= 11 is 11.0. The number of aromatic nitrogens is 1. The van der Waals surface area contributed by atoms with E-state index < -0.39 is 5.24 Å². The zero-order chi connectivity index (χ0) is 9.14. The highest BCUT2D eigenvalue weighted by atomic mass is 35.5. The smallest absolute Gasteiger partial charge is 0.255 e. The van der Waals surface area contributed by atoms with E-state index in [-0.39, 0.29) is 5.15 Å². The van der Waals surface area contributed by atoms with E-state index in [0.29, 0.717) is 5.56 Å². The molecule has 0 aliphatic carbocycles. The third-order valence-corrected chi connectivity index (χ3v) is 2.04. The van der Waals surface area contributed by atoms with Crippen LogP contribution < -0.4 is 0 Å². The van der Waals surface area contributed by atoms with E-state index in [1.807, 2.05) is 6.92 Å². The van der Waals surface area contributed by atoms with E-state index >= 15 is 0 Å². The second-order valence-electron chi connectivity index (χ2n) is 2.26. The highest BCUT2D eigenvalue weighted by molar-refractivity contribution is 6.68. The summed E-state index contributed by atoms with van der Waals surface area (Å²) in [5.74, 6) is 0. The van der Waals surface area contributed by atoms with Crippen molar-refractivity contribution in [1.29, 1.82) is 0 Å². The molecule has 0 aromatic carbocycles. The van der Waals surface area contributed by atoms with Gasteiger partial charge in [-0.3, -0.25) is 4.79 Å². The third-order valence-electron chi connectivity index (χ3n) is 1.57. The number of rotatable bonds is 2. The van der Waals surface area contributed by atoms with Crippen molar-refractivity contribution in [1.82, 2.24) is 4.98 Å². The van der Waals surface area contributed by atoms with E-state index in [4.69, 9.17) is 23.2 Å². The standard InChI is InChI=1S/C8H7Cl2NO/c1-2-5-3-4-11-7(9)6(5)8(10)12/h3-4H,2H2,1H3. The minimum absolute atomic E-state index is 0.175. The van der Waals surface area contributed by atoms with Gasteiger partial charge in [0.2, 0.25) is 0 Å². The fourth-order valence-electron chi connectivity index (χ4n) is 0.975. The van der Waals surface area contributed by atoms with Gasteiger partial charge in [0, 0.05) is 6.20 Å². The Morgan fingerprint density at radius 2 is 2.33 bits per heavy atom. The molecule has 1 heterocycles. The predicted molar refractivity (Wildman–Crippen MR) is 48.8 cm³/mol. The molecule has 12 heavy (non-hydrogen) atoms. The summed E-state index contributed by atoms with van der Waals surface area (Å²) < 4.78 is 0. The maximum absolute atomic E-state index is 10.9. The van der Waals surface area contributed by atoms with Gasteiger partial charge in [0.05, 0.1) is 5.56 Å². The van der Waals surface area contributed by atoms with Crippen molar-refractivity contribution in [3.63, 3.8) is 0 Å². The minimum Gasteiger partial charge on any atom is -0.275 e. The highest BCUT2D eigenvalue weighted by Gasteiger charge is 2.12. The summed E-state index contributed by atoms with van der Waals surface area (Å²) in [5.41, 5.74) is 1.15. The molecule has 0 fully saturated rings. The summed E-state index contributed by atoms with van der Waals surface area (Å²) in [4.78, 5) is 14.7. The average molecular weight is 204 g/mol. The third kappa shape index (κ3) is 1.76. The average Bonchev–Trinajstić information content (AvgIpc) is 2.03. The first-order valence-electron chi connectivity index (χ1n) is 3.50. The Morgan fingerprint density at radius 1 is 1.67 bits per heavy atom. The summed E-state index contributed by atoms with van der Waals surface area (Å²) in [5, 5.41) is -0.376. The van der Waals surface area contributed by atoms with Crippen molar-refractivity contribution >= 4 is 28.4 Å². The van der Waals surface area contributed by atoms with E-state index in [9.17, 15) is 4.79 Å². The Labute approximate surface area is 80.5 Å². The lowest BCUT2D eigenvalue weighted by Crippen LogP contribution is -1.99. The second kappa shape index (κ2) is 3.87. The molecular formula is C8H7Cl2NO. The van der Waals surface area contributed by atoms with Crippen LogP contribution in [-0.2, 0) is 6.42 Å². The molecule has 0 aliphatic rings. The van der Waals surface area contributed by atoms with Crippen LogP contribution in [0.3, 0.4) is 0 Å². The number of carbonyl (C=O) groups excluding carboxylic acids is 1. The van der Waals surface area contributed by atoms with Crippen LogP contribution in [0.1, 0.15) is 22.8 Å². The first-order chi connectivity index (χ1) is 5.66. The molecule has 0 amide bonds. The number of nitrogens with zero attached hydrogens (tertiary/aromatic N) is 1. The van der Waals surface area contributed by atoms with Crippen LogP contribution in [-0.4, -0.2) is 10.2 Å². The SMILES string of the molecule is CCc1ccnc(Cl)c1C(=O)Cl. The maximum Gasteiger partial charge on any atom is 0.255 e. The van der Waals surface area contributed by atoms with Crippen molar-refractivity contribution in [3.05, 3.63) is 28.5 Å². The predicted octanol–water partition coefficient (Wildman–Crippen LogP) is 2.68. The summed E-state index contributed by atoms with van der Waals surface area (Å²) in [6.45, 7) is 1.93. The van der Waals surface area contributed by atoms with Crippen LogP contribution in [0.4, 0.5) is 0 Å². The van der Waals surface area contributed by atoms with Gasteiger partial charge < -0.3 is 0 Å². The summed E-state index contributed by atoms with van der Waals surface area (Å²) in [6.07, 6.45) is 2.28. The zero-order valence-electron chi connectivity index (χ0n) is 6.47. The number of hydrogen-bond acceptors (Lipinski definition) is 2. The molecular weight excluding hydrogens is 197 g/mol. The molecule has 0 saturated heterocycles. The van der Waals surface area contributed by atoms with Crippen LogP contribution in [0.2, 0.25) is 5.15 Å². The van der Waals surface area contributed by atoms with Gasteiger partial charge >= 0.3 is 0 Å². The van der Waals surface area contributed by atoms with Crippen molar-refractivity contribution in [2.45, 2.75) is 13.3 Å². The molecule has 0 spiro atoms. The molecule has 1 aromatic heterocycles. The van der Waals surface area contributed by atoms with Gasteiger partial charge in [0.15, 0.2) is 0 Å². The normalized spacial score (nSPS) is 9.92. The van der Waals surface area contributed by atoms with Crippen LogP contribution in [0, 0.1) is 0 Å². The lowest BCUT2D eigenvalue weighted by atomic mass is 10.1. The Hall–Kier alpha value is -0.600. The molecule has 1 rings (SSSR count). The first kappa shape index (κ1) is 9.49. The van der Waals surface area contributed by atoms with Crippen LogP contribution in [0.15, 0.2) is 12.3 Å². The minimum atomic E-state index is -0.551. The Morgan fingerprint density at radius 3 is 2.75 bits per heavy atom. The first-order valence-corrected chi connectivity index (χ1v) is 4.25. The molecule has 0 saturated carbocycles. The van der Waals surface area contributed by atoms with Gasteiger partial charge in [-0.05, 0) is 29.7 Å². The lowest BCUT2D eigenvalue weighted by Gasteiger charge is -2.02. The van der Waals surface area contributed by atoms with Crippen molar-refractivity contribution < 1.29 is 4.79 Å². The molecule has 4 heteroatoms. The fourth-order valence-corrected chi connectivity index (χ4v) is 1.50. The molecule has 0 radical (unpaired) electrons. The monoisotopic (exact) mass is 203 g/mol. The highest BCUT2D eigenvalue weighted by Crippen LogP contribution is 2.19. The van der Waals surface area contributed by atoms with Crippen molar-refractivity contribution in [2.75, 3.05) is 0 Å². The maximum atomic E-state index is 10.9. The Balaban J connectivity index is 3.29. The number of pyridine rings is 1. The van der Waals surface area contributed by atoms with Crippen LogP contribution >= 0.6 is 23.2 Å². The molecule has 0 unspecified atom stereocenters. The van der Waals surface area contributed by atoms with Gasteiger partial charge in [0.1, 0.15) is 5.15 Å². The van der Waals surface area contributed by atoms with Gasteiger partial charge in [0.25, 0.3) is 5.24 Å². The fraction of sp³-hybridized carbons (Fsp3) is 0.250. The van der Waals surface area contributed by atoms with Crippen molar-refractivity contribution in [3.8, 4) is 0 Å². The largest absolute Gasteiger partial charge is 0.275 e. The number of halogens is 2. The summed E-state index contributed by atoms with van der Waals surface area (Å²) in [6, 6.07) is 1.74. The quantitative estimate of drug-likeness (QED) is 0.547. The topological polar surface area (TPSA) is 30.0 Å². The molecule has 0 atom stereocenters. The van der Waals surface area contributed by atoms with E-state index in [1.54, 1.807) is 12.3 Å². The zero-order valence-corrected chi connectivity index (χ0v) is 7.99. The summed E-state index contributed by atoms with van der Waals surface area (Å²) in [7, 11) is 0. The lowest BCUT2D eigenvalue weighted by molar-refractivity contribution is 0.108. The van der Waals surface area contributed by atoms with E-state index in [2.05, 4.69) is 4.98 Å². The Bertz CT molecular complexity index is 312. The van der Waals surface area contributed by atoms with Crippen molar-refractivity contribution in [2.24, 2.45) is 0 Å². The molecule has 2 nitrogen and oxygen atoms in total. The van der Waals surface area contributed by atoms with Gasteiger partial charge in [-0.2, -0.15) is 0 Å². The molecule has 1 aromatic rings. The van der Waals surface area contributed by atoms with E-state index in [1.165, 1.54) is 0 Å². The number of hydrogen-bond donors (Lipinski definition) is 0. The van der Waals surface area contributed by atoms with E-state index in [0.717, 1.165) is 12.0 Å². The van der Waals surface area contributed by atoms with Gasteiger partial charge in [-0.15, -0.1) is 0 Å². The van der Waals surface area contributed by atoms with Gasteiger partial charge in [-0.25, -0.2) is 4.98 Å².